The van der Waals surface area contributed by atoms with Gasteiger partial charge in [0.15, 0.2) is 0 Å². The molecule has 3 rings (SSSR count). The third kappa shape index (κ3) is 3.09. The lowest BCUT2D eigenvalue weighted by molar-refractivity contribution is 0.533. The summed E-state index contributed by atoms with van der Waals surface area (Å²) in [7, 11) is 0. The predicted octanol–water partition coefficient (Wildman–Crippen LogP) is 3.26. The molecule has 0 saturated heterocycles. The van der Waals surface area contributed by atoms with Crippen molar-refractivity contribution in [1.82, 2.24) is 5.32 Å². The van der Waals surface area contributed by atoms with E-state index >= 15 is 0 Å². The monoisotopic (exact) mass is 264 g/mol. The molecular weight excluding hydrogens is 244 g/mol. The summed E-state index contributed by atoms with van der Waals surface area (Å²) in [6.07, 6.45) is 4.43. The van der Waals surface area contributed by atoms with Gasteiger partial charge in [-0.15, -0.1) is 0 Å². The molecule has 0 saturated carbocycles. The third-order valence-corrected chi connectivity index (χ3v) is 3.83. The first-order valence-electron chi connectivity index (χ1n) is 7.13. The molecule has 0 fully saturated rings. The van der Waals surface area contributed by atoms with Crippen LogP contribution in [0.25, 0.3) is 5.57 Å². The topological polar surface area (TPSA) is 38.0 Å². The average molecular weight is 264 g/mol. The Labute approximate surface area is 120 Å². The second kappa shape index (κ2) is 5.93. The zero-order valence-electron chi connectivity index (χ0n) is 11.5. The van der Waals surface area contributed by atoms with Crippen molar-refractivity contribution in [2.24, 2.45) is 0 Å². The predicted molar refractivity (Wildman–Crippen MR) is 85.4 cm³/mol. The van der Waals surface area contributed by atoms with Gasteiger partial charge >= 0.3 is 0 Å². The van der Waals surface area contributed by atoms with Gasteiger partial charge < -0.3 is 11.1 Å². The highest BCUT2D eigenvalue weighted by Crippen LogP contribution is 2.24. The van der Waals surface area contributed by atoms with E-state index in [9.17, 15) is 0 Å². The Kier molecular flexibility index (Phi) is 3.84. The second-order valence-electron chi connectivity index (χ2n) is 5.35. The van der Waals surface area contributed by atoms with Crippen LogP contribution < -0.4 is 11.1 Å². The summed E-state index contributed by atoms with van der Waals surface area (Å²) in [4.78, 5) is 0. The largest absolute Gasteiger partial charge is 0.399 e. The molecule has 1 aliphatic heterocycles. The molecule has 0 spiro atoms. The van der Waals surface area contributed by atoms with Crippen LogP contribution in [-0.4, -0.2) is 12.6 Å². The third-order valence-electron chi connectivity index (χ3n) is 3.83. The molecule has 102 valence electrons. The second-order valence-corrected chi connectivity index (χ2v) is 5.35. The molecule has 2 heteroatoms. The Morgan fingerprint density at radius 3 is 2.50 bits per heavy atom. The van der Waals surface area contributed by atoms with E-state index in [1.165, 1.54) is 16.7 Å². The summed E-state index contributed by atoms with van der Waals surface area (Å²) in [6.45, 7) is 0.942. The summed E-state index contributed by atoms with van der Waals surface area (Å²) in [5.41, 5.74) is 10.7. The van der Waals surface area contributed by atoms with Crippen LogP contribution >= 0.6 is 0 Å². The fourth-order valence-electron chi connectivity index (χ4n) is 2.75. The fourth-order valence-corrected chi connectivity index (χ4v) is 2.75. The molecule has 0 amide bonds. The number of nitrogens with two attached hydrogens (primary N) is 1. The summed E-state index contributed by atoms with van der Waals surface area (Å²) >= 11 is 0. The molecule has 1 aliphatic rings. The molecule has 0 aliphatic carbocycles. The number of hydrogen-bond donors (Lipinski definition) is 2. The lowest BCUT2D eigenvalue weighted by Crippen LogP contribution is -2.34. The van der Waals surface area contributed by atoms with E-state index in [1.54, 1.807) is 0 Å². The molecule has 1 atom stereocenters. The van der Waals surface area contributed by atoms with Crippen LogP contribution in [0.3, 0.4) is 0 Å². The van der Waals surface area contributed by atoms with Crippen LogP contribution in [0.1, 0.15) is 17.5 Å². The van der Waals surface area contributed by atoms with E-state index in [-0.39, 0.29) is 0 Å². The zero-order chi connectivity index (χ0) is 13.8. The molecule has 1 unspecified atom stereocenters. The minimum atomic E-state index is 0.509. The Balaban J connectivity index is 1.70. The van der Waals surface area contributed by atoms with Crippen molar-refractivity contribution in [1.29, 1.82) is 0 Å². The number of nitrogens with one attached hydrogen (secondary N) is 1. The van der Waals surface area contributed by atoms with E-state index in [4.69, 9.17) is 5.73 Å². The maximum Gasteiger partial charge on any atom is 0.0314 e. The molecule has 2 aromatic carbocycles. The Hall–Kier alpha value is -2.06. The van der Waals surface area contributed by atoms with Crippen LogP contribution in [0.2, 0.25) is 0 Å². The standard InChI is InChI=1S/C18H20N2/c19-17-8-6-15(7-9-17)16-10-11-20-18(13-16)12-14-4-2-1-3-5-14/h1-10,18,20H,11-13,19H2. The minimum absolute atomic E-state index is 0.509. The molecule has 0 aromatic heterocycles. The molecule has 20 heavy (non-hydrogen) atoms. The summed E-state index contributed by atoms with van der Waals surface area (Å²) in [5, 5.41) is 3.58. The molecule has 2 nitrogen and oxygen atoms in total. The van der Waals surface area contributed by atoms with Gasteiger partial charge in [0, 0.05) is 18.3 Å². The number of rotatable bonds is 3. The lowest BCUT2D eigenvalue weighted by Gasteiger charge is -2.24. The quantitative estimate of drug-likeness (QED) is 0.835. The van der Waals surface area contributed by atoms with Gasteiger partial charge in [-0.25, -0.2) is 0 Å². The van der Waals surface area contributed by atoms with Crippen molar-refractivity contribution >= 4 is 11.3 Å². The maximum absolute atomic E-state index is 5.75. The smallest absolute Gasteiger partial charge is 0.0314 e. The van der Waals surface area contributed by atoms with Gasteiger partial charge in [-0.2, -0.15) is 0 Å². The van der Waals surface area contributed by atoms with Crippen molar-refractivity contribution in [3.05, 3.63) is 71.8 Å². The molecule has 0 radical (unpaired) electrons. The minimum Gasteiger partial charge on any atom is -0.399 e. The van der Waals surface area contributed by atoms with Crippen LogP contribution in [-0.2, 0) is 6.42 Å². The summed E-state index contributed by atoms with van der Waals surface area (Å²) in [5.74, 6) is 0. The highest BCUT2D eigenvalue weighted by atomic mass is 14.9. The Morgan fingerprint density at radius 1 is 1.00 bits per heavy atom. The fraction of sp³-hybridized carbons (Fsp3) is 0.222. The molecule has 2 aromatic rings. The van der Waals surface area contributed by atoms with Gasteiger partial charge in [-0.3, -0.25) is 0 Å². The average Bonchev–Trinajstić information content (AvgIpc) is 2.49. The van der Waals surface area contributed by atoms with Gasteiger partial charge in [-0.05, 0) is 41.7 Å². The Bertz CT molecular complexity index is 585. The first-order chi connectivity index (χ1) is 9.81. The first kappa shape index (κ1) is 12.9. The summed E-state index contributed by atoms with van der Waals surface area (Å²) in [6, 6.07) is 19.4. The van der Waals surface area contributed by atoms with Crippen LogP contribution in [0, 0.1) is 0 Å². The normalized spacial score (nSPS) is 18.6. The van der Waals surface area contributed by atoms with Crippen LogP contribution in [0.15, 0.2) is 60.7 Å². The van der Waals surface area contributed by atoms with Crippen LogP contribution in [0.5, 0.6) is 0 Å². The van der Waals surface area contributed by atoms with Crippen molar-refractivity contribution in [2.75, 3.05) is 12.3 Å². The molecule has 1 heterocycles. The Morgan fingerprint density at radius 2 is 1.75 bits per heavy atom. The van der Waals surface area contributed by atoms with Gasteiger partial charge in [0.1, 0.15) is 0 Å². The van der Waals surface area contributed by atoms with E-state index in [0.717, 1.165) is 25.1 Å². The number of benzene rings is 2. The highest BCUT2D eigenvalue weighted by molar-refractivity contribution is 5.68. The summed E-state index contributed by atoms with van der Waals surface area (Å²) < 4.78 is 0. The van der Waals surface area contributed by atoms with Crippen molar-refractivity contribution in [3.8, 4) is 0 Å². The molecule has 3 N–H and O–H groups in total. The van der Waals surface area contributed by atoms with Crippen molar-refractivity contribution < 1.29 is 0 Å². The number of hydrogen-bond acceptors (Lipinski definition) is 2. The van der Waals surface area contributed by atoms with Gasteiger partial charge in [0.05, 0.1) is 0 Å². The first-order valence-corrected chi connectivity index (χ1v) is 7.13. The van der Waals surface area contributed by atoms with Crippen molar-refractivity contribution in [3.63, 3.8) is 0 Å². The number of anilines is 1. The SMILES string of the molecule is Nc1ccc(C2=CCNC(Cc3ccccc3)C2)cc1. The zero-order valence-corrected chi connectivity index (χ0v) is 11.5. The van der Waals surface area contributed by atoms with Gasteiger partial charge in [0.2, 0.25) is 0 Å². The van der Waals surface area contributed by atoms with E-state index in [1.807, 2.05) is 12.1 Å². The van der Waals surface area contributed by atoms with Crippen LogP contribution in [0.4, 0.5) is 5.69 Å². The number of nitrogen functional groups attached to an aromatic ring is 1. The maximum atomic E-state index is 5.75. The van der Waals surface area contributed by atoms with Gasteiger partial charge in [-0.1, -0.05) is 48.5 Å². The van der Waals surface area contributed by atoms with Gasteiger partial charge in [0.25, 0.3) is 0 Å². The van der Waals surface area contributed by atoms with E-state index in [2.05, 4.69) is 53.9 Å². The highest BCUT2D eigenvalue weighted by Gasteiger charge is 2.16. The molecular formula is C18H20N2. The van der Waals surface area contributed by atoms with Crippen molar-refractivity contribution in [2.45, 2.75) is 18.9 Å². The van der Waals surface area contributed by atoms with E-state index in [0.29, 0.717) is 6.04 Å². The lowest BCUT2D eigenvalue weighted by atomic mass is 9.92. The van der Waals surface area contributed by atoms with E-state index < -0.39 is 0 Å². The molecule has 0 bridgehead atoms.